The molecular weight excluding hydrogens is 419 g/mol. The Kier molecular flexibility index (Phi) is 6.53. The first-order chi connectivity index (χ1) is 14.7. The lowest BCUT2D eigenvalue weighted by molar-refractivity contribution is -0.162. The fourth-order valence-corrected chi connectivity index (χ4v) is 2.69. The number of nitrogens with zero attached hydrogens (tertiary/aromatic N) is 6. The Balaban J connectivity index is 1.83. The molecule has 0 unspecified atom stereocenters. The van der Waals surface area contributed by atoms with Crippen molar-refractivity contribution in [2.45, 2.75) is 25.7 Å². The first kappa shape index (κ1) is 22.2. The normalized spacial score (nSPS) is 12.6. The van der Waals surface area contributed by atoms with E-state index in [1.807, 2.05) is 0 Å². The zero-order valence-corrected chi connectivity index (χ0v) is 16.9. The van der Waals surface area contributed by atoms with Crippen LogP contribution in [-0.2, 0) is 11.3 Å². The van der Waals surface area contributed by atoms with E-state index in [-0.39, 0.29) is 28.8 Å². The van der Waals surface area contributed by atoms with E-state index in [1.54, 1.807) is 7.11 Å². The molecule has 3 heterocycles. The van der Waals surface area contributed by atoms with Gasteiger partial charge in [0.2, 0.25) is 5.88 Å². The Labute approximate surface area is 175 Å². The summed E-state index contributed by atoms with van der Waals surface area (Å²) < 4.78 is 51.8. The fourth-order valence-electron chi connectivity index (χ4n) is 2.69. The number of halogens is 3. The highest BCUT2D eigenvalue weighted by Crippen LogP contribution is 2.32. The average Bonchev–Trinajstić information content (AvgIpc) is 3.38. The van der Waals surface area contributed by atoms with E-state index >= 15 is 0 Å². The number of carbonyl (C=O) groups is 1. The van der Waals surface area contributed by atoms with Gasteiger partial charge in [0.15, 0.2) is 5.82 Å². The first-order valence-corrected chi connectivity index (χ1v) is 9.10. The van der Waals surface area contributed by atoms with Gasteiger partial charge in [0.25, 0.3) is 5.91 Å². The summed E-state index contributed by atoms with van der Waals surface area (Å²) in [5.74, 6) is -0.395. The quantitative estimate of drug-likeness (QED) is 0.575. The van der Waals surface area contributed by atoms with Crippen LogP contribution < -0.4 is 10.1 Å². The topological polar surface area (TPSA) is 109 Å². The van der Waals surface area contributed by atoms with Gasteiger partial charge in [-0.2, -0.15) is 13.2 Å². The van der Waals surface area contributed by atoms with Gasteiger partial charge in [-0.05, 0) is 19.1 Å². The van der Waals surface area contributed by atoms with Crippen LogP contribution >= 0.6 is 0 Å². The summed E-state index contributed by atoms with van der Waals surface area (Å²) in [5, 5.41) is 14.1. The summed E-state index contributed by atoms with van der Waals surface area (Å²) in [6.45, 7) is 1.81. The predicted octanol–water partition coefficient (Wildman–Crippen LogP) is 2.57. The van der Waals surface area contributed by atoms with Crippen LogP contribution in [0.4, 0.5) is 19.0 Å². The van der Waals surface area contributed by atoms with Gasteiger partial charge in [-0.1, -0.05) is 6.07 Å². The van der Waals surface area contributed by atoms with Crippen LogP contribution in [0.5, 0.6) is 5.88 Å². The molecular formula is C18H20F3N7O3. The molecule has 1 N–H and O–H groups in total. The van der Waals surface area contributed by atoms with Gasteiger partial charge < -0.3 is 19.4 Å². The van der Waals surface area contributed by atoms with Crippen LogP contribution in [-0.4, -0.2) is 62.4 Å². The zero-order valence-electron chi connectivity index (χ0n) is 16.9. The minimum atomic E-state index is -4.48. The van der Waals surface area contributed by atoms with Crippen molar-refractivity contribution < 1.29 is 27.4 Å². The van der Waals surface area contributed by atoms with Gasteiger partial charge in [-0.15, -0.1) is 15.3 Å². The lowest BCUT2D eigenvalue weighted by Crippen LogP contribution is -2.24. The van der Waals surface area contributed by atoms with Gasteiger partial charge in [-0.25, -0.2) is 4.98 Å². The highest BCUT2D eigenvalue weighted by atomic mass is 19.4. The fraction of sp³-hybridized carbons (Fsp3) is 0.389. The molecule has 0 aromatic carbocycles. The Hall–Kier alpha value is -3.48. The molecule has 0 radical (unpaired) electrons. The third kappa shape index (κ3) is 4.99. The van der Waals surface area contributed by atoms with Crippen LogP contribution in [0.2, 0.25) is 0 Å². The highest BCUT2D eigenvalue weighted by Gasteiger charge is 2.38. The second-order valence-corrected chi connectivity index (χ2v) is 6.45. The number of aromatic nitrogens is 6. The van der Waals surface area contributed by atoms with Crippen LogP contribution in [0.25, 0.3) is 11.5 Å². The number of hydrogen-bond acceptors (Lipinski definition) is 7. The number of hydrogen-bond donors (Lipinski definition) is 1. The molecule has 1 atom stereocenters. The Morgan fingerprint density at radius 3 is 2.74 bits per heavy atom. The number of methoxy groups -OCH3 is 2. The molecule has 0 aliphatic rings. The monoisotopic (exact) mass is 439 g/mol. The standard InChI is InChI=1S/C18H20F3N7O3/c1-11(18(19,20)21)28-10-22-25-15(28)13-5-4-6-14(23-13)24-16(29)12-9-27(7-8-30-2)26-17(12)31-3/h4-6,9-11H,7-8H2,1-3H3,(H,23,24,29)/t11-/m1/s1. The van der Waals surface area contributed by atoms with E-state index in [0.717, 1.165) is 17.8 Å². The molecule has 0 bridgehead atoms. The number of ether oxygens (including phenoxy) is 2. The van der Waals surface area contributed by atoms with Crippen molar-refractivity contribution in [3.8, 4) is 17.4 Å². The molecule has 3 aromatic heterocycles. The van der Waals surface area contributed by atoms with E-state index < -0.39 is 18.1 Å². The van der Waals surface area contributed by atoms with Crippen molar-refractivity contribution in [3.63, 3.8) is 0 Å². The maximum Gasteiger partial charge on any atom is 0.408 e. The van der Waals surface area contributed by atoms with Crippen molar-refractivity contribution in [3.05, 3.63) is 36.3 Å². The van der Waals surface area contributed by atoms with Crippen molar-refractivity contribution in [2.24, 2.45) is 0 Å². The lowest BCUT2D eigenvalue weighted by Gasteiger charge is -2.18. The molecule has 0 aliphatic heterocycles. The largest absolute Gasteiger partial charge is 0.479 e. The molecule has 0 saturated carbocycles. The van der Waals surface area contributed by atoms with E-state index in [2.05, 4.69) is 25.6 Å². The number of alkyl halides is 3. The van der Waals surface area contributed by atoms with E-state index in [4.69, 9.17) is 9.47 Å². The summed E-state index contributed by atoms with van der Waals surface area (Å²) in [7, 11) is 2.93. The number of amides is 1. The molecule has 1 amide bonds. The summed E-state index contributed by atoms with van der Waals surface area (Å²) in [5.41, 5.74) is 0.286. The lowest BCUT2D eigenvalue weighted by atomic mass is 10.2. The van der Waals surface area contributed by atoms with E-state index in [0.29, 0.717) is 13.2 Å². The van der Waals surface area contributed by atoms with Crippen molar-refractivity contribution in [2.75, 3.05) is 26.1 Å². The zero-order chi connectivity index (χ0) is 22.6. The Bertz CT molecular complexity index is 1050. The van der Waals surface area contributed by atoms with Gasteiger partial charge in [0.05, 0.1) is 20.3 Å². The Morgan fingerprint density at radius 2 is 2.06 bits per heavy atom. The van der Waals surface area contributed by atoms with Gasteiger partial charge in [0.1, 0.15) is 29.4 Å². The predicted molar refractivity (Wildman–Crippen MR) is 103 cm³/mol. The molecule has 31 heavy (non-hydrogen) atoms. The second-order valence-electron chi connectivity index (χ2n) is 6.45. The maximum absolute atomic E-state index is 13.1. The van der Waals surface area contributed by atoms with Crippen LogP contribution in [0.3, 0.4) is 0 Å². The Morgan fingerprint density at radius 1 is 1.29 bits per heavy atom. The minimum Gasteiger partial charge on any atom is -0.479 e. The third-order valence-corrected chi connectivity index (χ3v) is 4.37. The molecule has 3 rings (SSSR count). The smallest absolute Gasteiger partial charge is 0.408 e. The second kappa shape index (κ2) is 9.12. The molecule has 13 heteroatoms. The molecule has 0 spiro atoms. The van der Waals surface area contributed by atoms with Crippen LogP contribution in [0.1, 0.15) is 23.3 Å². The molecule has 3 aromatic rings. The number of pyridine rings is 1. The van der Waals surface area contributed by atoms with Gasteiger partial charge in [-0.3, -0.25) is 9.48 Å². The molecule has 166 valence electrons. The van der Waals surface area contributed by atoms with Crippen molar-refractivity contribution in [1.29, 1.82) is 0 Å². The highest BCUT2D eigenvalue weighted by molar-refractivity contribution is 6.05. The van der Waals surface area contributed by atoms with Gasteiger partial charge in [0, 0.05) is 13.3 Å². The number of nitrogens with one attached hydrogen (secondary N) is 1. The summed E-state index contributed by atoms with van der Waals surface area (Å²) in [6, 6.07) is 2.66. The average molecular weight is 439 g/mol. The summed E-state index contributed by atoms with van der Waals surface area (Å²) in [6.07, 6.45) is -2.00. The van der Waals surface area contributed by atoms with Crippen molar-refractivity contribution in [1.82, 2.24) is 29.5 Å². The minimum absolute atomic E-state index is 0.0779. The van der Waals surface area contributed by atoms with E-state index in [9.17, 15) is 18.0 Å². The molecule has 10 nitrogen and oxygen atoms in total. The number of rotatable bonds is 8. The number of carbonyl (C=O) groups excluding carboxylic acids is 1. The van der Waals surface area contributed by atoms with Crippen LogP contribution in [0, 0.1) is 0 Å². The van der Waals surface area contributed by atoms with Gasteiger partial charge >= 0.3 is 6.18 Å². The third-order valence-electron chi connectivity index (χ3n) is 4.37. The summed E-state index contributed by atoms with van der Waals surface area (Å²) in [4.78, 5) is 16.9. The first-order valence-electron chi connectivity index (χ1n) is 9.10. The molecule has 0 aliphatic carbocycles. The van der Waals surface area contributed by atoms with E-state index in [1.165, 1.54) is 36.2 Å². The van der Waals surface area contributed by atoms with Crippen molar-refractivity contribution >= 4 is 11.7 Å². The SMILES string of the molecule is COCCn1cc(C(=O)Nc2cccc(-c3nncn3[C@H](C)C(F)(F)F)n2)c(OC)n1. The molecule has 0 fully saturated rings. The number of anilines is 1. The molecule has 0 saturated heterocycles. The maximum atomic E-state index is 13.1. The summed E-state index contributed by atoms with van der Waals surface area (Å²) >= 11 is 0. The van der Waals surface area contributed by atoms with Crippen LogP contribution in [0.15, 0.2) is 30.7 Å².